The Morgan fingerprint density at radius 3 is 2.36 bits per heavy atom. The Balaban J connectivity index is 1.50. The van der Waals surface area contributed by atoms with Gasteiger partial charge in [0.15, 0.2) is 0 Å². The Morgan fingerprint density at radius 2 is 1.64 bits per heavy atom. The van der Waals surface area contributed by atoms with Gasteiger partial charge >= 0.3 is 0 Å². The fourth-order valence-corrected chi connectivity index (χ4v) is 3.40. The van der Waals surface area contributed by atoms with Crippen LogP contribution in [0.3, 0.4) is 0 Å². The third-order valence-electron chi connectivity index (χ3n) is 5.11. The van der Waals surface area contributed by atoms with Crippen molar-refractivity contribution in [2.45, 2.75) is 39.0 Å². The highest BCUT2D eigenvalue weighted by Crippen LogP contribution is 2.40. The Morgan fingerprint density at radius 1 is 1.00 bits per heavy atom. The maximum atomic E-state index is 13.6. The molecule has 2 unspecified atom stereocenters. The van der Waals surface area contributed by atoms with Gasteiger partial charge in [-0.1, -0.05) is 57.2 Å². The standard InChI is InChI=1S/C23H27FN2O2/c1-23(2,3)18-9-5-7-11-20(18)26-22(28)17-14-16(17)21(27)25-13-12-15-8-4-6-10-19(15)24/h4-11,16-17H,12-14H2,1-3H3,(H,25,27)(H,26,28). The highest BCUT2D eigenvalue weighted by atomic mass is 19.1. The first kappa shape index (κ1) is 20.1. The van der Waals surface area contributed by atoms with Gasteiger partial charge in [-0.25, -0.2) is 4.39 Å². The molecule has 1 aliphatic carbocycles. The lowest BCUT2D eigenvalue weighted by molar-refractivity contribution is -0.125. The average molecular weight is 382 g/mol. The summed E-state index contributed by atoms with van der Waals surface area (Å²) in [5, 5.41) is 5.80. The van der Waals surface area contributed by atoms with E-state index in [-0.39, 0.29) is 34.9 Å². The molecule has 4 nitrogen and oxygen atoms in total. The van der Waals surface area contributed by atoms with E-state index in [0.29, 0.717) is 24.9 Å². The molecule has 0 radical (unpaired) electrons. The van der Waals surface area contributed by atoms with E-state index in [1.54, 1.807) is 18.2 Å². The molecule has 28 heavy (non-hydrogen) atoms. The van der Waals surface area contributed by atoms with E-state index >= 15 is 0 Å². The van der Waals surface area contributed by atoms with Crippen molar-refractivity contribution >= 4 is 17.5 Å². The molecule has 0 spiro atoms. The van der Waals surface area contributed by atoms with E-state index < -0.39 is 0 Å². The molecule has 1 saturated carbocycles. The summed E-state index contributed by atoms with van der Waals surface area (Å²) in [4.78, 5) is 24.9. The van der Waals surface area contributed by atoms with E-state index in [9.17, 15) is 14.0 Å². The molecule has 3 rings (SSSR count). The maximum Gasteiger partial charge on any atom is 0.228 e. The van der Waals surface area contributed by atoms with Crippen LogP contribution >= 0.6 is 0 Å². The minimum absolute atomic E-state index is 0.0864. The SMILES string of the molecule is CC(C)(C)c1ccccc1NC(=O)C1CC1C(=O)NCCc1ccccc1F. The third kappa shape index (κ3) is 4.77. The van der Waals surface area contributed by atoms with E-state index in [0.717, 1.165) is 11.3 Å². The first-order valence-electron chi connectivity index (χ1n) is 9.69. The number of rotatable bonds is 6. The number of carbonyl (C=O) groups is 2. The number of carbonyl (C=O) groups excluding carboxylic acids is 2. The van der Waals surface area contributed by atoms with Gasteiger partial charge in [0.1, 0.15) is 5.82 Å². The highest BCUT2D eigenvalue weighted by molar-refractivity contribution is 6.00. The molecule has 5 heteroatoms. The quantitative estimate of drug-likeness (QED) is 0.792. The van der Waals surface area contributed by atoms with Crippen molar-refractivity contribution in [1.29, 1.82) is 0 Å². The largest absolute Gasteiger partial charge is 0.356 e. The van der Waals surface area contributed by atoms with Gasteiger partial charge in [-0.15, -0.1) is 0 Å². The smallest absolute Gasteiger partial charge is 0.228 e. The molecule has 2 atom stereocenters. The number of benzene rings is 2. The molecule has 1 fully saturated rings. The molecular weight excluding hydrogens is 355 g/mol. The number of amides is 2. The predicted octanol–water partition coefficient (Wildman–Crippen LogP) is 4.06. The Kier molecular flexibility index (Phi) is 5.82. The van der Waals surface area contributed by atoms with E-state index in [2.05, 4.69) is 31.4 Å². The molecule has 0 aromatic heterocycles. The summed E-state index contributed by atoms with van der Waals surface area (Å²) >= 11 is 0. The first-order valence-corrected chi connectivity index (χ1v) is 9.69. The summed E-state index contributed by atoms with van der Waals surface area (Å²) in [5.41, 5.74) is 2.35. The van der Waals surface area contributed by atoms with Crippen molar-refractivity contribution in [3.63, 3.8) is 0 Å². The van der Waals surface area contributed by atoms with Gasteiger partial charge in [0.2, 0.25) is 11.8 Å². The van der Waals surface area contributed by atoms with Crippen LogP contribution in [0.15, 0.2) is 48.5 Å². The molecule has 0 saturated heterocycles. The van der Waals surface area contributed by atoms with E-state index in [1.807, 2.05) is 24.3 Å². The van der Waals surface area contributed by atoms with Crippen LogP contribution in [0.1, 0.15) is 38.3 Å². The van der Waals surface area contributed by atoms with Crippen molar-refractivity contribution in [1.82, 2.24) is 5.32 Å². The summed E-state index contributed by atoms with van der Waals surface area (Å²) < 4.78 is 13.6. The molecule has 2 aromatic rings. The second-order valence-corrected chi connectivity index (χ2v) is 8.37. The maximum absolute atomic E-state index is 13.6. The van der Waals surface area contributed by atoms with Gasteiger partial charge in [0.05, 0.1) is 11.8 Å². The highest BCUT2D eigenvalue weighted by Gasteiger charge is 2.48. The van der Waals surface area contributed by atoms with Crippen molar-refractivity contribution in [3.8, 4) is 0 Å². The Bertz CT molecular complexity index is 873. The topological polar surface area (TPSA) is 58.2 Å². The van der Waals surface area contributed by atoms with Crippen LogP contribution in [0.4, 0.5) is 10.1 Å². The number of halogens is 1. The van der Waals surface area contributed by atoms with Crippen LogP contribution < -0.4 is 10.6 Å². The average Bonchev–Trinajstić information content (AvgIpc) is 3.44. The van der Waals surface area contributed by atoms with Gasteiger partial charge in [0, 0.05) is 12.2 Å². The minimum Gasteiger partial charge on any atom is -0.356 e. The fourth-order valence-electron chi connectivity index (χ4n) is 3.40. The summed E-state index contributed by atoms with van der Waals surface area (Å²) in [7, 11) is 0. The van der Waals surface area contributed by atoms with Crippen molar-refractivity contribution in [2.24, 2.45) is 11.8 Å². The molecular formula is C23H27FN2O2. The minimum atomic E-state index is -0.304. The summed E-state index contributed by atoms with van der Waals surface area (Å²) in [5.74, 6) is -1.13. The van der Waals surface area contributed by atoms with Crippen LogP contribution in [0, 0.1) is 17.7 Å². The van der Waals surface area contributed by atoms with E-state index in [1.165, 1.54) is 6.07 Å². The fraction of sp³-hybridized carbons (Fsp3) is 0.391. The lowest BCUT2D eigenvalue weighted by Crippen LogP contribution is -2.29. The van der Waals surface area contributed by atoms with Gasteiger partial charge in [0.25, 0.3) is 0 Å². The summed E-state index contributed by atoms with van der Waals surface area (Å²) in [6.07, 6.45) is 0.982. The molecule has 0 bridgehead atoms. The molecule has 2 amide bonds. The van der Waals surface area contributed by atoms with Crippen LogP contribution in [-0.4, -0.2) is 18.4 Å². The molecule has 0 aliphatic heterocycles. The van der Waals surface area contributed by atoms with Gasteiger partial charge in [-0.05, 0) is 41.5 Å². The number of hydrogen-bond acceptors (Lipinski definition) is 2. The summed E-state index contributed by atoms with van der Waals surface area (Å²) in [6, 6.07) is 14.3. The monoisotopic (exact) mass is 382 g/mol. The Labute approximate surface area is 165 Å². The normalized spacial score (nSPS) is 18.4. The number of para-hydroxylation sites is 1. The van der Waals surface area contributed by atoms with Gasteiger partial charge < -0.3 is 10.6 Å². The molecule has 1 aliphatic rings. The zero-order valence-electron chi connectivity index (χ0n) is 16.6. The zero-order chi connectivity index (χ0) is 20.3. The molecule has 0 heterocycles. The van der Waals surface area contributed by atoms with Gasteiger partial charge in [-0.3, -0.25) is 9.59 Å². The van der Waals surface area contributed by atoms with Crippen LogP contribution in [0.5, 0.6) is 0 Å². The van der Waals surface area contributed by atoms with Crippen molar-refractivity contribution in [2.75, 3.05) is 11.9 Å². The predicted molar refractivity (Wildman–Crippen MR) is 108 cm³/mol. The lowest BCUT2D eigenvalue weighted by Gasteiger charge is -2.23. The number of nitrogens with one attached hydrogen (secondary N) is 2. The van der Waals surface area contributed by atoms with E-state index in [4.69, 9.17) is 0 Å². The van der Waals surface area contributed by atoms with Crippen molar-refractivity contribution in [3.05, 3.63) is 65.5 Å². The second-order valence-electron chi connectivity index (χ2n) is 8.37. The zero-order valence-corrected chi connectivity index (χ0v) is 16.6. The molecule has 148 valence electrons. The molecule has 2 N–H and O–H groups in total. The lowest BCUT2D eigenvalue weighted by atomic mass is 9.86. The third-order valence-corrected chi connectivity index (χ3v) is 5.11. The van der Waals surface area contributed by atoms with Crippen LogP contribution in [0.25, 0.3) is 0 Å². The summed E-state index contributed by atoms with van der Waals surface area (Å²) in [6.45, 7) is 6.65. The van der Waals surface area contributed by atoms with Crippen molar-refractivity contribution < 1.29 is 14.0 Å². The van der Waals surface area contributed by atoms with Crippen LogP contribution in [0.2, 0.25) is 0 Å². The Hall–Kier alpha value is -2.69. The second kappa shape index (κ2) is 8.13. The molecule has 2 aromatic carbocycles. The number of hydrogen-bond donors (Lipinski definition) is 2. The number of anilines is 1. The first-order chi connectivity index (χ1) is 13.3. The van der Waals surface area contributed by atoms with Crippen LogP contribution in [-0.2, 0) is 21.4 Å². The van der Waals surface area contributed by atoms with Gasteiger partial charge in [-0.2, -0.15) is 0 Å².